The van der Waals surface area contributed by atoms with Gasteiger partial charge in [0, 0.05) is 17.7 Å². The number of rotatable bonds is 5. The molecule has 0 saturated carbocycles. The average Bonchev–Trinajstić information content (AvgIpc) is 2.81. The minimum Gasteiger partial charge on any atom is -0.507 e. The molecule has 13 heteroatoms. The molecule has 0 spiro atoms. The summed E-state index contributed by atoms with van der Waals surface area (Å²) in [5, 5.41) is 69.3. The van der Waals surface area contributed by atoms with Crippen LogP contribution in [0.4, 0.5) is 0 Å². The van der Waals surface area contributed by atoms with Gasteiger partial charge in [-0.25, -0.2) is 4.79 Å². The van der Waals surface area contributed by atoms with E-state index in [2.05, 4.69) is 0 Å². The van der Waals surface area contributed by atoms with Crippen molar-refractivity contribution in [2.45, 2.75) is 30.7 Å². The molecule has 1 fully saturated rings. The van der Waals surface area contributed by atoms with Gasteiger partial charge in [-0.05, 0) is 18.2 Å². The van der Waals surface area contributed by atoms with E-state index in [4.69, 9.17) is 18.6 Å². The highest BCUT2D eigenvalue weighted by molar-refractivity contribution is 5.91. The van der Waals surface area contributed by atoms with Crippen LogP contribution < -0.4 is 14.9 Å². The number of phenols is 3. The summed E-state index contributed by atoms with van der Waals surface area (Å²) in [5.41, 5.74) is -1.01. The molecule has 2 heterocycles. The van der Waals surface area contributed by atoms with E-state index < -0.39 is 70.3 Å². The number of benzene rings is 2. The van der Waals surface area contributed by atoms with E-state index in [1.807, 2.05) is 0 Å². The number of aromatic hydroxyl groups is 3. The van der Waals surface area contributed by atoms with Crippen molar-refractivity contribution in [1.29, 1.82) is 0 Å². The summed E-state index contributed by atoms with van der Waals surface area (Å²) in [6, 6.07) is 5.81. The number of hydrogen-bond acceptors (Lipinski definition) is 12. The topological polar surface area (TPSA) is 217 Å². The number of phenolic OH excluding ortho intramolecular Hbond substituents is 3. The first-order valence-corrected chi connectivity index (χ1v) is 10.0. The van der Waals surface area contributed by atoms with Gasteiger partial charge in [-0.3, -0.25) is 4.79 Å². The molecule has 2 unspecified atom stereocenters. The van der Waals surface area contributed by atoms with Crippen molar-refractivity contribution in [1.82, 2.24) is 0 Å². The molecule has 0 amide bonds. The monoisotopic (exact) mass is 492 g/mol. The van der Waals surface area contributed by atoms with Crippen LogP contribution in [0.5, 0.6) is 28.7 Å². The van der Waals surface area contributed by atoms with Crippen LogP contribution in [-0.2, 0) is 9.53 Å². The molecule has 3 aromatic rings. The number of carboxylic acid groups (broad SMARTS) is 1. The number of hydrogen-bond donors (Lipinski definition) is 7. The number of carbonyl (C=O) groups is 1. The summed E-state index contributed by atoms with van der Waals surface area (Å²) >= 11 is 0. The summed E-state index contributed by atoms with van der Waals surface area (Å²) in [6.07, 6.45) is -9.87. The largest absolute Gasteiger partial charge is 0.507 e. The second-order valence-corrected chi connectivity index (χ2v) is 7.66. The van der Waals surface area contributed by atoms with E-state index in [9.17, 15) is 45.3 Å². The number of methoxy groups -OCH3 is 1. The molecule has 1 aliphatic rings. The molecule has 13 nitrogen and oxygen atoms in total. The van der Waals surface area contributed by atoms with E-state index in [1.54, 1.807) is 0 Å². The third kappa shape index (κ3) is 4.17. The van der Waals surface area contributed by atoms with Gasteiger partial charge in [0.25, 0.3) is 0 Å². The number of aliphatic hydroxyl groups excluding tert-OH is 3. The van der Waals surface area contributed by atoms with E-state index in [1.165, 1.54) is 25.3 Å². The SMILES string of the molecule is COc1cc(-c2cc(=O)c3c(O)cc(O)c(O[C@@H]4OC(C(=O)O)[C@@H](O)[C@H](O)C4O)c3o2)ccc1O. The van der Waals surface area contributed by atoms with Crippen molar-refractivity contribution >= 4 is 16.9 Å². The molecule has 35 heavy (non-hydrogen) atoms. The van der Waals surface area contributed by atoms with Gasteiger partial charge in [-0.1, -0.05) is 0 Å². The molecule has 1 aromatic heterocycles. The molecule has 186 valence electrons. The van der Waals surface area contributed by atoms with Crippen LogP contribution in [0.15, 0.2) is 39.5 Å². The molecule has 2 aromatic carbocycles. The number of aliphatic hydroxyl groups is 3. The molecule has 7 N–H and O–H groups in total. The number of ether oxygens (including phenoxy) is 3. The Kier molecular flexibility index (Phi) is 6.17. The molecule has 1 aliphatic heterocycles. The van der Waals surface area contributed by atoms with Gasteiger partial charge >= 0.3 is 5.97 Å². The van der Waals surface area contributed by atoms with E-state index in [0.29, 0.717) is 0 Å². The standard InChI is InChI=1S/C22H20O13/c1-32-13-4-7(2-3-8(13)23)12-6-10(25)14-9(24)5-11(26)18(19(14)33-12)34-22-17(29)15(27)16(28)20(35-22)21(30)31/h2-6,15-17,20,22-24,26-29H,1H3,(H,30,31)/t15-,16-,17?,20?,22+/m0/s1. The lowest BCUT2D eigenvalue weighted by atomic mass is 9.99. The lowest BCUT2D eigenvalue weighted by Crippen LogP contribution is -2.61. The molecule has 1 saturated heterocycles. The lowest BCUT2D eigenvalue weighted by molar-refractivity contribution is -0.271. The second-order valence-electron chi connectivity index (χ2n) is 7.66. The summed E-state index contributed by atoms with van der Waals surface area (Å²) in [4.78, 5) is 24.2. The first-order valence-electron chi connectivity index (χ1n) is 10.0. The van der Waals surface area contributed by atoms with Crippen LogP contribution in [-0.4, -0.2) is 79.5 Å². The van der Waals surface area contributed by atoms with Crippen molar-refractivity contribution in [3.8, 4) is 40.1 Å². The zero-order valence-electron chi connectivity index (χ0n) is 17.9. The zero-order chi connectivity index (χ0) is 25.6. The molecule has 5 atom stereocenters. The van der Waals surface area contributed by atoms with Crippen molar-refractivity contribution in [2.75, 3.05) is 7.11 Å². The fourth-order valence-corrected chi connectivity index (χ4v) is 3.63. The number of fused-ring (bicyclic) bond motifs is 1. The van der Waals surface area contributed by atoms with Crippen molar-refractivity contribution < 1.29 is 59.2 Å². The average molecular weight is 492 g/mol. The summed E-state index contributed by atoms with van der Waals surface area (Å²) in [7, 11) is 1.31. The van der Waals surface area contributed by atoms with Crippen LogP contribution in [0.2, 0.25) is 0 Å². The smallest absolute Gasteiger partial charge is 0.335 e. The van der Waals surface area contributed by atoms with E-state index >= 15 is 0 Å². The zero-order valence-corrected chi connectivity index (χ0v) is 17.9. The fraction of sp³-hybridized carbons (Fsp3) is 0.273. The third-order valence-corrected chi connectivity index (χ3v) is 5.43. The normalized spacial score (nSPS) is 24.3. The molecule has 4 rings (SSSR count). The number of carboxylic acids is 1. The predicted octanol–water partition coefficient (Wildman–Crippen LogP) is -0.144. The highest BCUT2D eigenvalue weighted by atomic mass is 16.7. The molecule has 0 bridgehead atoms. The Bertz CT molecular complexity index is 1350. The van der Waals surface area contributed by atoms with Crippen molar-refractivity contribution in [3.63, 3.8) is 0 Å². The van der Waals surface area contributed by atoms with E-state index in [0.717, 1.165) is 12.1 Å². The maximum absolute atomic E-state index is 12.8. The van der Waals surface area contributed by atoms with E-state index in [-0.39, 0.29) is 22.8 Å². The number of aliphatic carboxylic acids is 1. The molecule has 0 aliphatic carbocycles. The highest BCUT2D eigenvalue weighted by Gasteiger charge is 2.48. The van der Waals surface area contributed by atoms with Gasteiger partial charge in [-0.15, -0.1) is 0 Å². The Labute approximate surface area is 195 Å². The Balaban J connectivity index is 1.85. The van der Waals surface area contributed by atoms with Gasteiger partial charge in [0.15, 0.2) is 34.4 Å². The second kappa shape index (κ2) is 8.96. The third-order valence-electron chi connectivity index (χ3n) is 5.43. The lowest BCUT2D eigenvalue weighted by Gasteiger charge is -2.38. The maximum atomic E-state index is 12.8. The first kappa shape index (κ1) is 24.1. The van der Waals surface area contributed by atoms with Gasteiger partial charge < -0.3 is 54.4 Å². The highest BCUT2D eigenvalue weighted by Crippen LogP contribution is 2.42. The quantitative estimate of drug-likeness (QED) is 0.247. The Morgan fingerprint density at radius 1 is 0.943 bits per heavy atom. The summed E-state index contributed by atoms with van der Waals surface area (Å²) in [6.45, 7) is 0. The van der Waals surface area contributed by atoms with Crippen LogP contribution in [0, 0.1) is 0 Å². The molecular weight excluding hydrogens is 472 g/mol. The maximum Gasteiger partial charge on any atom is 0.335 e. The van der Waals surface area contributed by atoms with Crippen molar-refractivity contribution in [2.24, 2.45) is 0 Å². The summed E-state index contributed by atoms with van der Waals surface area (Å²) < 4.78 is 21.2. The Morgan fingerprint density at radius 2 is 1.66 bits per heavy atom. The predicted molar refractivity (Wildman–Crippen MR) is 114 cm³/mol. The summed E-state index contributed by atoms with van der Waals surface area (Å²) in [5.74, 6) is -3.95. The van der Waals surface area contributed by atoms with Gasteiger partial charge in [-0.2, -0.15) is 0 Å². The van der Waals surface area contributed by atoms with Gasteiger partial charge in [0.2, 0.25) is 12.0 Å². The first-order chi connectivity index (χ1) is 16.5. The van der Waals surface area contributed by atoms with Crippen molar-refractivity contribution in [3.05, 3.63) is 40.6 Å². The van der Waals surface area contributed by atoms with Gasteiger partial charge in [0.05, 0.1) is 7.11 Å². The molecule has 0 radical (unpaired) electrons. The molecular formula is C22H20O13. The Morgan fingerprint density at radius 3 is 2.31 bits per heavy atom. The minimum atomic E-state index is -1.99. The van der Waals surface area contributed by atoms with Crippen LogP contribution in [0.3, 0.4) is 0 Å². The van der Waals surface area contributed by atoms with Gasteiger partial charge in [0.1, 0.15) is 35.2 Å². The van der Waals surface area contributed by atoms with Crippen LogP contribution in [0.1, 0.15) is 0 Å². The van der Waals surface area contributed by atoms with Crippen LogP contribution >= 0.6 is 0 Å². The van der Waals surface area contributed by atoms with Crippen LogP contribution in [0.25, 0.3) is 22.3 Å². The minimum absolute atomic E-state index is 0.0615. The fourth-order valence-electron chi connectivity index (χ4n) is 3.63. The Hall–Kier alpha value is -4.04.